The number of likely N-dealkylation sites (N-methyl/N-ethyl adjacent to an activating group) is 1. The fourth-order valence-corrected chi connectivity index (χ4v) is 6.50. The zero-order valence-corrected chi connectivity index (χ0v) is 23.3. The van der Waals surface area contributed by atoms with Crippen molar-refractivity contribution in [1.82, 2.24) is 14.7 Å². The summed E-state index contributed by atoms with van der Waals surface area (Å²) in [5.74, 6) is 0.383. The molecule has 0 radical (unpaired) electrons. The van der Waals surface area contributed by atoms with E-state index >= 15 is 0 Å². The first kappa shape index (κ1) is 26.9. The molecular formula is C33H39N3O3. The Balaban J connectivity index is 1.70. The summed E-state index contributed by atoms with van der Waals surface area (Å²) < 4.78 is 0. The van der Waals surface area contributed by atoms with Crippen molar-refractivity contribution < 1.29 is 14.7 Å². The SMILES string of the molecule is CCN1CCN(C(=O)C2(c3ccccc3)CCC(=O)N(Cc3ccccc3)C2c2cc(C)c(O)c(C)c2)CC1. The maximum atomic E-state index is 14.9. The van der Waals surface area contributed by atoms with Gasteiger partial charge in [-0.05, 0) is 54.6 Å². The first-order chi connectivity index (χ1) is 18.8. The van der Waals surface area contributed by atoms with Gasteiger partial charge in [-0.2, -0.15) is 0 Å². The van der Waals surface area contributed by atoms with Crippen molar-refractivity contribution in [3.8, 4) is 5.75 Å². The fourth-order valence-electron chi connectivity index (χ4n) is 6.50. The Hall–Kier alpha value is -3.64. The van der Waals surface area contributed by atoms with E-state index in [9.17, 15) is 14.7 Å². The number of piperazine rings is 1. The Labute approximate surface area is 231 Å². The van der Waals surface area contributed by atoms with Crippen LogP contribution in [0.15, 0.2) is 72.8 Å². The number of carbonyl (C=O) groups is 2. The fraction of sp³-hybridized carbons (Fsp3) is 0.394. The lowest BCUT2D eigenvalue weighted by Gasteiger charge is -2.51. The van der Waals surface area contributed by atoms with Gasteiger partial charge in [0.05, 0.1) is 11.5 Å². The number of phenols is 1. The van der Waals surface area contributed by atoms with Crippen molar-refractivity contribution in [3.05, 3.63) is 101 Å². The van der Waals surface area contributed by atoms with Crippen LogP contribution in [0.1, 0.15) is 53.6 Å². The highest BCUT2D eigenvalue weighted by Crippen LogP contribution is 2.51. The molecule has 2 aliphatic rings. The molecule has 2 unspecified atom stereocenters. The van der Waals surface area contributed by atoms with Gasteiger partial charge in [-0.25, -0.2) is 0 Å². The summed E-state index contributed by atoms with van der Waals surface area (Å²) >= 11 is 0. The maximum Gasteiger partial charge on any atom is 0.235 e. The van der Waals surface area contributed by atoms with Crippen LogP contribution in [-0.2, 0) is 21.5 Å². The van der Waals surface area contributed by atoms with Gasteiger partial charge in [-0.1, -0.05) is 79.7 Å². The molecule has 1 N–H and O–H groups in total. The summed E-state index contributed by atoms with van der Waals surface area (Å²) in [4.78, 5) is 35.0. The van der Waals surface area contributed by atoms with Gasteiger partial charge >= 0.3 is 0 Å². The number of piperidine rings is 1. The molecule has 0 aliphatic carbocycles. The van der Waals surface area contributed by atoms with Crippen LogP contribution in [-0.4, -0.2) is 64.3 Å². The van der Waals surface area contributed by atoms with Crippen molar-refractivity contribution >= 4 is 11.8 Å². The molecular weight excluding hydrogens is 486 g/mol. The molecule has 2 fully saturated rings. The number of rotatable bonds is 6. The number of benzene rings is 3. The minimum atomic E-state index is -0.950. The molecule has 0 aromatic heterocycles. The van der Waals surface area contributed by atoms with E-state index in [0.717, 1.165) is 47.5 Å². The van der Waals surface area contributed by atoms with Crippen LogP contribution < -0.4 is 0 Å². The van der Waals surface area contributed by atoms with Crippen LogP contribution in [0, 0.1) is 13.8 Å². The minimum Gasteiger partial charge on any atom is -0.507 e. The molecule has 204 valence electrons. The van der Waals surface area contributed by atoms with Crippen LogP contribution in [0.25, 0.3) is 0 Å². The molecule has 39 heavy (non-hydrogen) atoms. The molecule has 2 amide bonds. The van der Waals surface area contributed by atoms with Gasteiger partial charge in [0.2, 0.25) is 11.8 Å². The first-order valence-corrected chi connectivity index (χ1v) is 14.1. The lowest BCUT2D eigenvalue weighted by molar-refractivity contribution is -0.153. The molecule has 0 spiro atoms. The Morgan fingerprint density at radius 3 is 2.10 bits per heavy atom. The third-order valence-electron chi connectivity index (χ3n) is 8.63. The number of nitrogens with zero attached hydrogens (tertiary/aromatic N) is 3. The van der Waals surface area contributed by atoms with Gasteiger partial charge in [-0.3, -0.25) is 9.59 Å². The van der Waals surface area contributed by atoms with Crippen LogP contribution in [0.3, 0.4) is 0 Å². The lowest BCUT2D eigenvalue weighted by Crippen LogP contribution is -2.61. The number of carbonyl (C=O) groups excluding carboxylic acids is 2. The minimum absolute atomic E-state index is 0.0439. The van der Waals surface area contributed by atoms with Crippen molar-refractivity contribution in [2.24, 2.45) is 0 Å². The summed E-state index contributed by atoms with van der Waals surface area (Å²) in [7, 11) is 0. The number of aromatic hydroxyl groups is 1. The van der Waals surface area contributed by atoms with Gasteiger partial charge in [0, 0.05) is 39.1 Å². The first-order valence-electron chi connectivity index (χ1n) is 14.1. The number of phenolic OH excluding ortho intramolecular Hbond substituents is 1. The molecule has 2 aliphatic heterocycles. The van der Waals surface area contributed by atoms with E-state index in [1.54, 1.807) is 0 Å². The molecule has 6 heteroatoms. The highest BCUT2D eigenvalue weighted by atomic mass is 16.3. The number of aryl methyl sites for hydroxylation is 2. The Bertz CT molecular complexity index is 1300. The van der Waals surface area contributed by atoms with Crippen molar-refractivity contribution in [2.45, 2.75) is 51.6 Å². The maximum absolute atomic E-state index is 14.9. The van der Waals surface area contributed by atoms with Crippen LogP contribution in [0.2, 0.25) is 0 Å². The zero-order chi connectivity index (χ0) is 27.6. The lowest BCUT2D eigenvalue weighted by atomic mass is 9.64. The van der Waals surface area contributed by atoms with Gasteiger partial charge in [0.15, 0.2) is 0 Å². The van der Waals surface area contributed by atoms with Gasteiger partial charge < -0.3 is 19.8 Å². The van der Waals surface area contributed by atoms with E-state index in [1.165, 1.54) is 0 Å². The second-order valence-electron chi connectivity index (χ2n) is 11.0. The molecule has 0 bridgehead atoms. The Morgan fingerprint density at radius 2 is 1.51 bits per heavy atom. The topological polar surface area (TPSA) is 64.1 Å². The summed E-state index contributed by atoms with van der Waals surface area (Å²) in [6, 6.07) is 23.4. The number of amides is 2. The van der Waals surface area contributed by atoms with E-state index in [-0.39, 0.29) is 17.6 Å². The summed E-state index contributed by atoms with van der Waals surface area (Å²) in [5, 5.41) is 10.6. The van der Waals surface area contributed by atoms with Crippen LogP contribution >= 0.6 is 0 Å². The molecule has 6 nitrogen and oxygen atoms in total. The average molecular weight is 526 g/mol. The molecule has 3 aromatic rings. The normalized spacial score (nSPS) is 22.2. The molecule has 2 atom stereocenters. The Morgan fingerprint density at radius 1 is 0.923 bits per heavy atom. The number of likely N-dealkylation sites (tertiary alicyclic amines) is 1. The van der Waals surface area contributed by atoms with Crippen LogP contribution in [0.4, 0.5) is 0 Å². The molecule has 2 saturated heterocycles. The molecule has 3 aromatic carbocycles. The van der Waals surface area contributed by atoms with E-state index < -0.39 is 11.5 Å². The van der Waals surface area contributed by atoms with Crippen molar-refractivity contribution in [2.75, 3.05) is 32.7 Å². The largest absolute Gasteiger partial charge is 0.507 e. The average Bonchev–Trinajstić information content (AvgIpc) is 2.97. The van der Waals surface area contributed by atoms with Crippen LogP contribution in [0.5, 0.6) is 5.75 Å². The predicted molar refractivity (Wildman–Crippen MR) is 153 cm³/mol. The quantitative estimate of drug-likeness (QED) is 0.493. The molecule has 2 heterocycles. The van der Waals surface area contributed by atoms with E-state index in [2.05, 4.69) is 11.8 Å². The summed E-state index contributed by atoms with van der Waals surface area (Å²) in [6.45, 7) is 10.4. The number of hydrogen-bond donors (Lipinski definition) is 1. The van der Waals surface area contributed by atoms with Crippen molar-refractivity contribution in [1.29, 1.82) is 0 Å². The molecule has 5 rings (SSSR count). The summed E-state index contributed by atoms with van der Waals surface area (Å²) in [6.07, 6.45) is 0.743. The second kappa shape index (κ2) is 11.2. The smallest absolute Gasteiger partial charge is 0.235 e. The highest BCUT2D eigenvalue weighted by molar-refractivity contribution is 5.93. The van der Waals surface area contributed by atoms with E-state index in [0.29, 0.717) is 32.5 Å². The monoisotopic (exact) mass is 525 g/mol. The van der Waals surface area contributed by atoms with Crippen molar-refractivity contribution in [3.63, 3.8) is 0 Å². The highest BCUT2D eigenvalue weighted by Gasteiger charge is 2.55. The predicted octanol–water partition coefficient (Wildman–Crippen LogP) is 4.97. The van der Waals surface area contributed by atoms with E-state index in [4.69, 9.17) is 0 Å². The number of hydrogen-bond acceptors (Lipinski definition) is 4. The second-order valence-corrected chi connectivity index (χ2v) is 11.0. The standard InChI is InChI=1S/C33H39N3O3/c1-4-34-17-19-35(20-18-34)32(39)33(28-13-9-6-10-14-28)16-15-29(37)36(23-26-11-7-5-8-12-26)31(33)27-21-24(2)30(38)25(3)22-27/h5-14,21-22,31,38H,4,15-20,23H2,1-3H3. The Kier molecular flexibility index (Phi) is 7.76. The van der Waals surface area contributed by atoms with Gasteiger partial charge in [0.1, 0.15) is 5.75 Å². The van der Waals surface area contributed by atoms with Gasteiger partial charge in [0.25, 0.3) is 0 Å². The molecule has 0 saturated carbocycles. The van der Waals surface area contributed by atoms with Gasteiger partial charge in [-0.15, -0.1) is 0 Å². The summed E-state index contributed by atoms with van der Waals surface area (Å²) in [5.41, 5.74) is 3.38. The third kappa shape index (κ3) is 5.06. The third-order valence-corrected chi connectivity index (χ3v) is 8.63. The zero-order valence-electron chi connectivity index (χ0n) is 23.3. The van der Waals surface area contributed by atoms with E-state index in [1.807, 2.05) is 96.4 Å².